The van der Waals surface area contributed by atoms with Gasteiger partial charge in [0.25, 0.3) is 0 Å². The Morgan fingerprint density at radius 1 is 1.32 bits per heavy atom. The maximum Gasteiger partial charge on any atom is 0.141 e. The summed E-state index contributed by atoms with van der Waals surface area (Å²) in [6, 6.07) is 12.0. The molecule has 19 heavy (non-hydrogen) atoms. The number of hydrogen-bond acceptors (Lipinski definition) is 5. The highest BCUT2D eigenvalue weighted by molar-refractivity contribution is 8.26. The number of benzene rings is 1. The first-order valence-corrected chi connectivity index (χ1v) is 7.93. The van der Waals surface area contributed by atoms with Crippen molar-refractivity contribution in [1.29, 1.82) is 5.26 Å². The molecule has 1 rings (SSSR count). The highest BCUT2D eigenvalue weighted by Crippen LogP contribution is 2.28. The molecule has 0 aliphatic heterocycles. The molecule has 0 heterocycles. The van der Waals surface area contributed by atoms with Crippen molar-refractivity contribution in [3.63, 3.8) is 0 Å². The van der Waals surface area contributed by atoms with Crippen molar-refractivity contribution >= 4 is 45.7 Å². The van der Waals surface area contributed by atoms with Crippen molar-refractivity contribution in [1.82, 2.24) is 4.90 Å². The topological polar surface area (TPSA) is 39.1 Å². The van der Waals surface area contributed by atoms with Crippen LogP contribution in [-0.2, 0) is 0 Å². The molecule has 1 aromatic rings. The molecular weight excluding hydrogens is 294 g/mol. The quantitative estimate of drug-likeness (QED) is 0.675. The molecule has 0 saturated heterocycles. The van der Waals surface area contributed by atoms with Gasteiger partial charge in [0.05, 0.1) is 5.03 Å². The zero-order valence-electron chi connectivity index (χ0n) is 11.0. The van der Waals surface area contributed by atoms with Gasteiger partial charge in [0, 0.05) is 19.8 Å². The Morgan fingerprint density at radius 2 is 1.95 bits per heavy atom. The van der Waals surface area contributed by atoms with Crippen molar-refractivity contribution in [2.75, 3.05) is 25.7 Å². The predicted molar refractivity (Wildman–Crippen MR) is 90.1 cm³/mol. The summed E-state index contributed by atoms with van der Waals surface area (Å²) < 4.78 is 0.665. The molecule has 6 heteroatoms. The fourth-order valence-corrected chi connectivity index (χ4v) is 2.77. The van der Waals surface area contributed by atoms with Crippen molar-refractivity contribution in [2.24, 2.45) is 0 Å². The van der Waals surface area contributed by atoms with Crippen LogP contribution in [0.1, 0.15) is 0 Å². The van der Waals surface area contributed by atoms with Crippen LogP contribution in [0.4, 0.5) is 5.69 Å². The van der Waals surface area contributed by atoms with E-state index in [-0.39, 0.29) is 0 Å². The zero-order chi connectivity index (χ0) is 14.3. The van der Waals surface area contributed by atoms with Gasteiger partial charge in [-0.3, -0.25) is 0 Å². The Morgan fingerprint density at radius 3 is 2.42 bits per heavy atom. The SMILES string of the molecule is CS/C(Nc1ccccc1)=C(\C#N)SC(=S)N(C)C. The van der Waals surface area contributed by atoms with Crippen molar-refractivity contribution in [2.45, 2.75) is 0 Å². The number of rotatable bonds is 4. The number of nitrogens with one attached hydrogen (secondary N) is 1. The Balaban J connectivity index is 2.93. The Hall–Kier alpha value is -1.16. The number of hydrogen-bond donors (Lipinski definition) is 1. The van der Waals surface area contributed by atoms with Crippen LogP contribution in [0.25, 0.3) is 0 Å². The van der Waals surface area contributed by atoms with Gasteiger partial charge in [0.1, 0.15) is 15.3 Å². The lowest BCUT2D eigenvalue weighted by molar-refractivity contribution is 0.648. The van der Waals surface area contributed by atoms with E-state index in [0.717, 1.165) is 10.7 Å². The van der Waals surface area contributed by atoms with E-state index in [9.17, 15) is 5.26 Å². The standard InChI is InChI=1S/C13H15N3S3/c1-16(2)13(17)19-11(9-14)12(18-3)15-10-7-5-4-6-8-10/h4-8,15H,1-3H3/b12-11+. The van der Waals surface area contributed by atoms with Crippen molar-refractivity contribution < 1.29 is 0 Å². The lowest BCUT2D eigenvalue weighted by Crippen LogP contribution is -2.16. The van der Waals surface area contributed by atoms with E-state index >= 15 is 0 Å². The summed E-state index contributed by atoms with van der Waals surface area (Å²) in [5, 5.41) is 13.3. The summed E-state index contributed by atoms with van der Waals surface area (Å²) in [6.07, 6.45) is 1.93. The number of para-hydroxylation sites is 1. The van der Waals surface area contributed by atoms with Crippen LogP contribution >= 0.6 is 35.7 Å². The van der Waals surface area contributed by atoms with Crippen LogP contribution in [0, 0.1) is 11.3 Å². The second kappa shape index (κ2) is 8.10. The number of allylic oxidation sites excluding steroid dienone is 1. The molecular formula is C13H15N3S3. The minimum Gasteiger partial charge on any atom is -0.363 e. The van der Waals surface area contributed by atoms with Crippen molar-refractivity contribution in [3.05, 3.63) is 40.3 Å². The van der Waals surface area contributed by atoms with E-state index in [1.807, 2.05) is 55.6 Å². The van der Waals surface area contributed by atoms with Gasteiger partial charge in [-0.05, 0) is 30.2 Å². The Kier molecular flexibility index (Phi) is 6.78. The molecule has 0 aliphatic rings. The van der Waals surface area contributed by atoms with Crippen LogP contribution in [0.2, 0.25) is 0 Å². The first-order chi connectivity index (χ1) is 9.08. The molecule has 0 amide bonds. The Bertz CT molecular complexity index is 504. The van der Waals surface area contributed by atoms with Gasteiger partial charge in [-0.15, -0.1) is 11.8 Å². The van der Waals surface area contributed by atoms with Crippen LogP contribution < -0.4 is 5.32 Å². The van der Waals surface area contributed by atoms with E-state index in [1.54, 1.807) is 0 Å². The maximum absolute atomic E-state index is 9.28. The van der Waals surface area contributed by atoms with Crippen LogP contribution in [0.3, 0.4) is 0 Å². The van der Waals surface area contributed by atoms with Gasteiger partial charge in [-0.25, -0.2) is 0 Å². The first-order valence-electron chi connectivity index (χ1n) is 5.48. The minimum absolute atomic E-state index is 0.579. The largest absolute Gasteiger partial charge is 0.363 e. The number of nitriles is 1. The third-order valence-electron chi connectivity index (χ3n) is 2.10. The molecule has 0 fully saturated rings. The smallest absolute Gasteiger partial charge is 0.141 e. The molecule has 0 unspecified atom stereocenters. The highest BCUT2D eigenvalue weighted by Gasteiger charge is 2.11. The highest BCUT2D eigenvalue weighted by atomic mass is 32.2. The third kappa shape index (κ3) is 5.15. The van der Waals surface area contributed by atoms with Gasteiger partial charge in [-0.2, -0.15) is 5.26 Å². The van der Waals surface area contributed by atoms with Crippen LogP contribution in [0.5, 0.6) is 0 Å². The lowest BCUT2D eigenvalue weighted by atomic mass is 10.3. The Labute approximate surface area is 128 Å². The van der Waals surface area contributed by atoms with Gasteiger partial charge < -0.3 is 10.2 Å². The van der Waals surface area contributed by atoms with Crippen LogP contribution in [-0.4, -0.2) is 29.6 Å². The summed E-state index contributed by atoms with van der Waals surface area (Å²) >= 11 is 8.01. The predicted octanol–water partition coefficient (Wildman–Crippen LogP) is 3.73. The molecule has 1 N–H and O–H groups in total. The minimum atomic E-state index is 0.579. The monoisotopic (exact) mass is 309 g/mol. The molecule has 0 atom stereocenters. The van der Waals surface area contributed by atoms with E-state index in [4.69, 9.17) is 12.2 Å². The second-order valence-electron chi connectivity index (χ2n) is 3.73. The second-order valence-corrected chi connectivity index (χ2v) is 6.19. The maximum atomic E-state index is 9.28. The average molecular weight is 309 g/mol. The summed E-state index contributed by atoms with van der Waals surface area (Å²) in [5.74, 6) is 0. The van der Waals surface area contributed by atoms with Gasteiger partial charge in [0.15, 0.2) is 0 Å². The fraction of sp³-hybridized carbons (Fsp3) is 0.231. The number of nitrogens with zero attached hydrogens (tertiary/aromatic N) is 2. The van der Waals surface area contributed by atoms with Crippen molar-refractivity contribution in [3.8, 4) is 6.07 Å². The summed E-state index contributed by atoms with van der Waals surface area (Å²) in [7, 11) is 3.74. The molecule has 0 radical (unpaired) electrons. The molecule has 0 saturated carbocycles. The number of thioether (sulfide) groups is 2. The molecule has 3 nitrogen and oxygen atoms in total. The molecule has 0 bridgehead atoms. The summed E-state index contributed by atoms with van der Waals surface area (Å²) in [6.45, 7) is 0. The van der Waals surface area contributed by atoms with Crippen LogP contribution in [0.15, 0.2) is 40.3 Å². The van der Waals surface area contributed by atoms with Gasteiger partial charge in [0.2, 0.25) is 0 Å². The van der Waals surface area contributed by atoms with E-state index in [2.05, 4.69) is 11.4 Å². The van der Waals surface area contributed by atoms with Gasteiger partial charge >= 0.3 is 0 Å². The molecule has 0 aromatic heterocycles. The zero-order valence-corrected chi connectivity index (χ0v) is 13.5. The molecule has 0 spiro atoms. The summed E-state index contributed by atoms with van der Waals surface area (Å²) in [4.78, 5) is 2.40. The normalized spacial score (nSPS) is 11.3. The lowest BCUT2D eigenvalue weighted by Gasteiger charge is -2.14. The number of thiocarbonyl (C=S) groups is 1. The number of anilines is 1. The average Bonchev–Trinajstić information content (AvgIpc) is 2.43. The molecule has 1 aromatic carbocycles. The van der Waals surface area contributed by atoms with E-state index in [0.29, 0.717) is 9.23 Å². The van der Waals surface area contributed by atoms with E-state index < -0.39 is 0 Å². The summed E-state index contributed by atoms with van der Waals surface area (Å²) in [5.41, 5.74) is 0.955. The van der Waals surface area contributed by atoms with Gasteiger partial charge in [-0.1, -0.05) is 30.4 Å². The molecule has 100 valence electrons. The first kappa shape index (κ1) is 15.9. The van der Waals surface area contributed by atoms with E-state index in [1.165, 1.54) is 23.5 Å². The fourth-order valence-electron chi connectivity index (χ4n) is 1.15. The molecule has 0 aliphatic carbocycles. The third-order valence-corrected chi connectivity index (χ3v) is 4.60.